The van der Waals surface area contributed by atoms with Crippen molar-refractivity contribution in [3.05, 3.63) is 17.0 Å². The summed E-state index contributed by atoms with van der Waals surface area (Å²) in [5.41, 5.74) is 0. The highest BCUT2D eigenvalue weighted by Gasteiger charge is 2.23. The van der Waals surface area contributed by atoms with Gasteiger partial charge in [-0.05, 0) is 25.5 Å². The largest absolute Gasteiger partial charge is 0.354 e. The molecule has 1 heterocycles. The second kappa shape index (κ2) is 8.12. The van der Waals surface area contributed by atoms with Crippen LogP contribution in [0.25, 0.3) is 0 Å². The average molecular weight is 353 g/mol. The van der Waals surface area contributed by atoms with Crippen molar-refractivity contribution in [1.29, 1.82) is 0 Å². The lowest BCUT2D eigenvalue weighted by Gasteiger charge is -2.16. The molecule has 0 aliphatic carbocycles. The van der Waals surface area contributed by atoms with Gasteiger partial charge < -0.3 is 5.32 Å². The van der Waals surface area contributed by atoms with E-state index in [-0.39, 0.29) is 5.91 Å². The van der Waals surface area contributed by atoms with Crippen LogP contribution in [0.2, 0.25) is 0 Å². The van der Waals surface area contributed by atoms with Gasteiger partial charge in [0.15, 0.2) is 0 Å². The molecule has 0 saturated carbocycles. The monoisotopic (exact) mass is 352 g/mol. The van der Waals surface area contributed by atoms with Gasteiger partial charge in [0.05, 0.1) is 0 Å². The smallest absolute Gasteiger partial charge is 0.252 e. The first-order valence-electron chi connectivity index (χ1n) is 6.83. The highest BCUT2D eigenvalue weighted by atomic mass is 35.5. The minimum Gasteiger partial charge on any atom is -0.354 e. The van der Waals surface area contributed by atoms with Gasteiger partial charge in [0.1, 0.15) is 9.59 Å². The highest BCUT2D eigenvalue weighted by Crippen LogP contribution is 2.25. The zero-order chi connectivity index (χ0) is 16.0. The van der Waals surface area contributed by atoms with Gasteiger partial charge in [-0.15, -0.1) is 22.9 Å². The third-order valence-corrected chi connectivity index (χ3v) is 6.83. The van der Waals surface area contributed by atoms with Crippen LogP contribution in [-0.2, 0) is 21.2 Å². The Labute approximate surface area is 135 Å². The summed E-state index contributed by atoms with van der Waals surface area (Å²) < 4.78 is 26.4. The van der Waals surface area contributed by atoms with E-state index in [0.29, 0.717) is 30.3 Å². The van der Waals surface area contributed by atoms with E-state index in [4.69, 9.17) is 11.6 Å². The first-order chi connectivity index (χ1) is 9.82. The lowest BCUT2D eigenvalue weighted by molar-refractivity contribution is -0.120. The Morgan fingerprint density at radius 2 is 2.00 bits per heavy atom. The molecule has 0 aliphatic heterocycles. The summed E-state index contributed by atoms with van der Waals surface area (Å²) in [6.07, 6.45) is 0.591. The molecular formula is C13H21ClN2O3S2. The average Bonchev–Trinajstić information content (AvgIpc) is 2.89. The fraction of sp³-hybridized carbons (Fsp3) is 0.615. The van der Waals surface area contributed by atoms with Crippen LogP contribution in [0.5, 0.6) is 0 Å². The first kappa shape index (κ1) is 18.4. The Kier molecular flexibility index (Phi) is 7.12. The number of halogens is 1. The fourth-order valence-corrected chi connectivity index (χ4v) is 4.82. The van der Waals surface area contributed by atoms with Crippen molar-refractivity contribution in [3.63, 3.8) is 0 Å². The highest BCUT2D eigenvalue weighted by molar-refractivity contribution is 7.91. The van der Waals surface area contributed by atoms with Crippen molar-refractivity contribution < 1.29 is 13.2 Å². The number of hydrogen-bond donors (Lipinski definition) is 1. The summed E-state index contributed by atoms with van der Waals surface area (Å²) >= 11 is 6.89. The maximum absolute atomic E-state index is 12.3. The molecule has 1 amide bonds. The molecule has 1 N–H and O–H groups in total. The van der Waals surface area contributed by atoms with E-state index in [1.165, 1.54) is 15.6 Å². The molecule has 0 spiro atoms. The van der Waals surface area contributed by atoms with Gasteiger partial charge in [0.2, 0.25) is 5.91 Å². The summed E-state index contributed by atoms with van der Waals surface area (Å²) in [5.74, 6) is -0.218. The molecule has 5 nitrogen and oxygen atoms in total. The van der Waals surface area contributed by atoms with Gasteiger partial charge in [-0.3, -0.25) is 4.79 Å². The summed E-state index contributed by atoms with van der Waals surface area (Å²) in [5, 5.41) is 2.14. The lowest BCUT2D eigenvalue weighted by atomic mass is 10.3. The number of carbonyl (C=O) groups excluding carboxylic acids is 1. The van der Waals surface area contributed by atoms with Crippen molar-refractivity contribution in [2.24, 2.45) is 0 Å². The molecule has 1 aromatic rings. The molecule has 8 heteroatoms. The van der Waals surface area contributed by atoms with Crippen molar-refractivity contribution in [3.8, 4) is 0 Å². The molecule has 120 valence electrons. The maximum atomic E-state index is 12.3. The van der Waals surface area contributed by atoms with Gasteiger partial charge >= 0.3 is 0 Å². The van der Waals surface area contributed by atoms with Crippen LogP contribution < -0.4 is 5.32 Å². The summed E-state index contributed by atoms with van der Waals surface area (Å²) in [6.45, 7) is 6.60. The summed E-state index contributed by atoms with van der Waals surface area (Å²) in [4.78, 5) is 12.2. The van der Waals surface area contributed by atoms with Crippen molar-refractivity contribution in [2.45, 2.75) is 36.8 Å². The maximum Gasteiger partial charge on any atom is 0.252 e. The number of nitrogens with zero attached hydrogens (tertiary/aromatic N) is 1. The number of alkyl halides is 1. The fourth-order valence-electron chi connectivity index (χ4n) is 1.77. The van der Waals surface area contributed by atoms with Gasteiger partial charge in [-0.2, -0.15) is 4.31 Å². The molecule has 1 aromatic heterocycles. The Morgan fingerprint density at radius 3 is 2.52 bits per heavy atom. The Balaban J connectivity index is 2.67. The van der Waals surface area contributed by atoms with E-state index in [1.807, 2.05) is 13.8 Å². The zero-order valence-corrected chi connectivity index (χ0v) is 14.8. The van der Waals surface area contributed by atoms with Gasteiger partial charge in [0, 0.05) is 24.5 Å². The number of carbonyl (C=O) groups is 1. The zero-order valence-electron chi connectivity index (χ0n) is 12.4. The van der Waals surface area contributed by atoms with E-state index in [9.17, 15) is 13.2 Å². The Bertz CT molecular complexity index is 566. The normalized spacial score (nSPS) is 13.4. The van der Waals surface area contributed by atoms with E-state index in [1.54, 1.807) is 19.1 Å². The van der Waals surface area contributed by atoms with E-state index >= 15 is 0 Å². The topological polar surface area (TPSA) is 66.5 Å². The minimum absolute atomic E-state index is 0.218. The van der Waals surface area contributed by atoms with Crippen LogP contribution in [0.15, 0.2) is 16.3 Å². The second-order valence-corrected chi connectivity index (χ2v) is 8.45. The molecule has 0 fully saturated rings. The van der Waals surface area contributed by atoms with Crippen LogP contribution in [-0.4, -0.2) is 43.6 Å². The molecule has 1 atom stereocenters. The van der Waals surface area contributed by atoms with E-state index in [0.717, 1.165) is 4.88 Å². The molecule has 21 heavy (non-hydrogen) atoms. The third kappa shape index (κ3) is 4.95. The number of rotatable bonds is 8. The summed E-state index contributed by atoms with van der Waals surface area (Å²) in [7, 11) is -3.39. The number of sulfonamides is 1. The molecule has 1 unspecified atom stereocenters. The number of hydrogen-bond acceptors (Lipinski definition) is 4. The quantitative estimate of drug-likeness (QED) is 0.728. The van der Waals surface area contributed by atoms with Crippen molar-refractivity contribution >= 4 is 38.9 Å². The van der Waals surface area contributed by atoms with Crippen LogP contribution in [0.4, 0.5) is 0 Å². The molecule has 0 aromatic carbocycles. The summed E-state index contributed by atoms with van der Waals surface area (Å²) in [6, 6.07) is 3.41. The second-order valence-electron chi connectivity index (χ2n) is 4.47. The lowest BCUT2D eigenvalue weighted by Crippen LogP contribution is -2.31. The van der Waals surface area contributed by atoms with E-state index in [2.05, 4.69) is 5.32 Å². The van der Waals surface area contributed by atoms with Crippen LogP contribution in [0.1, 0.15) is 25.6 Å². The molecule has 1 rings (SSSR count). The van der Waals surface area contributed by atoms with Gasteiger partial charge in [-0.1, -0.05) is 13.8 Å². The minimum atomic E-state index is -3.39. The molecule has 0 bridgehead atoms. The van der Waals surface area contributed by atoms with Gasteiger partial charge in [0.25, 0.3) is 10.0 Å². The number of thiophene rings is 1. The van der Waals surface area contributed by atoms with Gasteiger partial charge in [-0.25, -0.2) is 8.42 Å². The van der Waals surface area contributed by atoms with Crippen LogP contribution in [0.3, 0.4) is 0 Å². The predicted octanol–water partition coefficient (Wildman–Crippen LogP) is 2.06. The molecular weight excluding hydrogens is 332 g/mol. The van der Waals surface area contributed by atoms with E-state index < -0.39 is 15.4 Å². The number of amides is 1. The SMILES string of the molecule is CCN(CC)S(=O)(=O)c1ccc(CCNC(=O)C(C)Cl)s1. The first-order valence-corrected chi connectivity index (χ1v) is 9.52. The van der Waals surface area contributed by atoms with Crippen LogP contribution in [0, 0.1) is 0 Å². The Morgan fingerprint density at radius 1 is 1.38 bits per heavy atom. The van der Waals surface area contributed by atoms with Crippen molar-refractivity contribution in [1.82, 2.24) is 9.62 Å². The van der Waals surface area contributed by atoms with Crippen molar-refractivity contribution in [2.75, 3.05) is 19.6 Å². The van der Waals surface area contributed by atoms with Crippen LogP contribution >= 0.6 is 22.9 Å². The molecule has 0 radical (unpaired) electrons. The molecule has 0 aliphatic rings. The predicted molar refractivity (Wildman–Crippen MR) is 86.5 cm³/mol. The third-order valence-electron chi connectivity index (χ3n) is 2.97. The Hall–Kier alpha value is -0.630. The standard InChI is InChI=1S/C13H21ClN2O3S2/c1-4-16(5-2)21(18,19)12-7-6-11(20-12)8-9-15-13(17)10(3)14/h6-7,10H,4-5,8-9H2,1-3H3,(H,15,17). The number of nitrogens with one attached hydrogen (secondary N) is 1. The molecule has 0 saturated heterocycles.